The Kier molecular flexibility index (Phi) is 17.6. The van der Waals surface area contributed by atoms with Gasteiger partial charge in [0.05, 0.1) is 40.1 Å². The van der Waals surface area contributed by atoms with E-state index in [0.29, 0.717) is 33.0 Å². The smallest absolute Gasteiger partial charge is 0.169 e. The summed E-state index contributed by atoms with van der Waals surface area (Å²) >= 11 is 0. The largest absolute Gasteiger partial charge is 0.497 e. The molecule has 5 aromatic carbocycles. The van der Waals surface area contributed by atoms with Crippen molar-refractivity contribution in [3.63, 3.8) is 0 Å². The van der Waals surface area contributed by atoms with Gasteiger partial charge in [0.15, 0.2) is 23.0 Å². The van der Waals surface area contributed by atoms with Crippen LogP contribution in [0.15, 0.2) is 60.7 Å². The summed E-state index contributed by atoms with van der Waals surface area (Å²) in [6.45, 7) is 14.3. The standard InChI is InChI=1S/C50H68O6/c1-7-12-17-28-52-39-33-41(37-22-24-38(51-6)25-23-37)48-40-26-27-45(53-29-18-13-8-2)50(56-32-21-16-11-5)49(40)44-36-47(55-31-20-15-10-4)46(54-30-19-14-9-3)35-42(44)43(48)34-39/h22-27,33-36H,7-21,28-32H2,1-6H3. The number of hydrogen-bond donors (Lipinski definition) is 0. The first kappa shape index (κ1) is 42.8. The van der Waals surface area contributed by atoms with Gasteiger partial charge in [0.2, 0.25) is 0 Å². The van der Waals surface area contributed by atoms with Crippen molar-refractivity contribution >= 4 is 32.3 Å². The average molecular weight is 765 g/mol. The highest BCUT2D eigenvalue weighted by Gasteiger charge is 2.23. The first-order valence-corrected chi connectivity index (χ1v) is 21.9. The van der Waals surface area contributed by atoms with Crippen LogP contribution in [0, 0.1) is 0 Å². The van der Waals surface area contributed by atoms with E-state index >= 15 is 0 Å². The zero-order valence-corrected chi connectivity index (χ0v) is 35.4. The summed E-state index contributed by atoms with van der Waals surface area (Å²) < 4.78 is 38.9. The number of unbranched alkanes of at least 4 members (excludes halogenated alkanes) is 10. The molecule has 6 nitrogen and oxygen atoms in total. The molecule has 0 saturated heterocycles. The molecular weight excluding hydrogens is 697 g/mol. The number of methoxy groups -OCH3 is 1. The van der Waals surface area contributed by atoms with Gasteiger partial charge in [0.1, 0.15) is 11.5 Å². The molecule has 0 spiro atoms. The Morgan fingerprint density at radius 2 is 0.857 bits per heavy atom. The van der Waals surface area contributed by atoms with E-state index in [-0.39, 0.29) is 0 Å². The van der Waals surface area contributed by atoms with Gasteiger partial charge in [-0.3, -0.25) is 0 Å². The second kappa shape index (κ2) is 23.0. The van der Waals surface area contributed by atoms with Crippen molar-refractivity contribution in [3.8, 4) is 45.6 Å². The molecule has 0 saturated carbocycles. The van der Waals surface area contributed by atoms with Crippen molar-refractivity contribution in [2.24, 2.45) is 0 Å². The van der Waals surface area contributed by atoms with E-state index in [1.807, 2.05) is 12.1 Å². The first-order valence-electron chi connectivity index (χ1n) is 21.9. The van der Waals surface area contributed by atoms with Gasteiger partial charge in [-0.2, -0.15) is 0 Å². The van der Waals surface area contributed by atoms with Gasteiger partial charge < -0.3 is 28.4 Å². The maximum Gasteiger partial charge on any atom is 0.169 e. The first-order chi connectivity index (χ1) is 27.6. The molecule has 0 N–H and O–H groups in total. The summed E-state index contributed by atoms with van der Waals surface area (Å²) in [4.78, 5) is 0. The van der Waals surface area contributed by atoms with Crippen LogP contribution in [0.3, 0.4) is 0 Å². The quantitative estimate of drug-likeness (QED) is 0.0392. The molecule has 0 aliphatic heterocycles. The molecule has 0 amide bonds. The predicted octanol–water partition coefficient (Wildman–Crippen LogP) is 14.7. The molecule has 0 unspecified atom stereocenters. The molecule has 56 heavy (non-hydrogen) atoms. The van der Waals surface area contributed by atoms with E-state index in [2.05, 4.69) is 83.1 Å². The number of rotatable bonds is 27. The van der Waals surface area contributed by atoms with Gasteiger partial charge in [-0.15, -0.1) is 0 Å². The summed E-state index contributed by atoms with van der Waals surface area (Å²) in [6.07, 6.45) is 16.3. The van der Waals surface area contributed by atoms with Crippen molar-refractivity contribution in [2.45, 2.75) is 131 Å². The lowest BCUT2D eigenvalue weighted by atomic mass is 9.88. The van der Waals surface area contributed by atoms with Crippen molar-refractivity contribution < 1.29 is 28.4 Å². The molecule has 0 aliphatic carbocycles. The SMILES string of the molecule is CCCCCOc1cc(-c2ccc(OC)cc2)c2c(c1)c1cc(OCCCCC)c(OCCCCC)cc1c1c(OCCCCC)c(OCCCCC)ccc21. The van der Waals surface area contributed by atoms with Crippen molar-refractivity contribution in [2.75, 3.05) is 40.1 Å². The van der Waals surface area contributed by atoms with Gasteiger partial charge in [-0.25, -0.2) is 0 Å². The van der Waals surface area contributed by atoms with Crippen LogP contribution in [-0.2, 0) is 0 Å². The zero-order valence-electron chi connectivity index (χ0n) is 35.4. The molecule has 0 bridgehead atoms. The number of benzene rings is 5. The van der Waals surface area contributed by atoms with Gasteiger partial charge in [-0.1, -0.05) is 111 Å². The lowest BCUT2D eigenvalue weighted by Crippen LogP contribution is -2.05. The monoisotopic (exact) mass is 765 g/mol. The van der Waals surface area contributed by atoms with Crippen molar-refractivity contribution in [3.05, 3.63) is 60.7 Å². The second-order valence-corrected chi connectivity index (χ2v) is 15.1. The maximum absolute atomic E-state index is 6.88. The Balaban J connectivity index is 1.87. The summed E-state index contributed by atoms with van der Waals surface area (Å²) in [5.41, 5.74) is 2.19. The van der Waals surface area contributed by atoms with E-state index in [9.17, 15) is 0 Å². The van der Waals surface area contributed by atoms with Gasteiger partial charge in [0, 0.05) is 5.39 Å². The van der Waals surface area contributed by atoms with E-state index in [0.717, 1.165) is 174 Å². The third-order valence-electron chi connectivity index (χ3n) is 10.6. The van der Waals surface area contributed by atoms with Gasteiger partial charge >= 0.3 is 0 Å². The molecule has 0 heterocycles. The molecule has 5 rings (SSSR count). The normalized spacial score (nSPS) is 11.4. The Hall–Kier alpha value is -4.32. The second-order valence-electron chi connectivity index (χ2n) is 15.1. The molecule has 0 atom stereocenters. The van der Waals surface area contributed by atoms with Crippen molar-refractivity contribution in [1.29, 1.82) is 0 Å². The highest BCUT2D eigenvalue weighted by atomic mass is 16.5. The third kappa shape index (κ3) is 11.2. The third-order valence-corrected chi connectivity index (χ3v) is 10.6. The molecule has 5 aromatic rings. The minimum absolute atomic E-state index is 0.618. The number of hydrogen-bond acceptors (Lipinski definition) is 6. The summed E-state index contributed by atoms with van der Waals surface area (Å²) in [6, 6.07) is 21.6. The lowest BCUT2D eigenvalue weighted by Gasteiger charge is -2.22. The van der Waals surface area contributed by atoms with Gasteiger partial charge in [-0.05, 0) is 119 Å². The van der Waals surface area contributed by atoms with Crippen LogP contribution >= 0.6 is 0 Å². The molecular formula is C50H68O6. The maximum atomic E-state index is 6.88. The van der Waals surface area contributed by atoms with Crippen LogP contribution in [0.1, 0.15) is 131 Å². The highest BCUT2D eigenvalue weighted by Crippen LogP contribution is 2.50. The van der Waals surface area contributed by atoms with Crippen molar-refractivity contribution in [1.82, 2.24) is 0 Å². The minimum atomic E-state index is 0.618. The van der Waals surface area contributed by atoms with E-state index in [4.69, 9.17) is 28.4 Å². The van der Waals surface area contributed by atoms with Crippen LogP contribution in [-0.4, -0.2) is 40.1 Å². The summed E-state index contributed by atoms with van der Waals surface area (Å²) in [5, 5.41) is 6.54. The predicted molar refractivity (Wildman–Crippen MR) is 236 cm³/mol. The van der Waals surface area contributed by atoms with Crippen LogP contribution < -0.4 is 28.4 Å². The topological polar surface area (TPSA) is 55.4 Å². The van der Waals surface area contributed by atoms with E-state index in [1.165, 1.54) is 0 Å². The molecule has 0 aliphatic rings. The molecule has 6 heteroatoms. The zero-order chi connectivity index (χ0) is 39.5. The molecule has 304 valence electrons. The fourth-order valence-electron chi connectivity index (χ4n) is 7.38. The van der Waals surface area contributed by atoms with Crippen LogP contribution in [0.5, 0.6) is 34.5 Å². The molecule has 0 fully saturated rings. The highest BCUT2D eigenvalue weighted by molar-refractivity contribution is 6.30. The summed E-state index contributed by atoms with van der Waals surface area (Å²) in [5.74, 6) is 4.83. The lowest BCUT2D eigenvalue weighted by molar-refractivity contribution is 0.260. The van der Waals surface area contributed by atoms with Crippen LogP contribution in [0.25, 0.3) is 43.4 Å². The van der Waals surface area contributed by atoms with Crippen LogP contribution in [0.4, 0.5) is 0 Å². The number of ether oxygens (including phenoxy) is 6. The van der Waals surface area contributed by atoms with Gasteiger partial charge in [0.25, 0.3) is 0 Å². The Morgan fingerprint density at radius 1 is 0.375 bits per heavy atom. The fourth-order valence-corrected chi connectivity index (χ4v) is 7.38. The van der Waals surface area contributed by atoms with Crippen LogP contribution in [0.2, 0.25) is 0 Å². The average Bonchev–Trinajstić information content (AvgIpc) is 3.23. The Morgan fingerprint density at radius 3 is 1.39 bits per heavy atom. The molecule has 0 radical (unpaired) electrons. The van der Waals surface area contributed by atoms with E-state index < -0.39 is 0 Å². The Bertz CT molecular complexity index is 1930. The molecule has 0 aromatic heterocycles. The summed E-state index contributed by atoms with van der Waals surface area (Å²) in [7, 11) is 1.71. The minimum Gasteiger partial charge on any atom is -0.497 e. The Labute approximate surface area is 337 Å². The fraction of sp³-hybridized carbons (Fsp3) is 0.520. The number of fused-ring (bicyclic) bond motifs is 6. The van der Waals surface area contributed by atoms with E-state index in [1.54, 1.807) is 7.11 Å².